The summed E-state index contributed by atoms with van der Waals surface area (Å²) in [5.41, 5.74) is 0.788. The summed E-state index contributed by atoms with van der Waals surface area (Å²) in [6, 6.07) is 0.801. The van der Waals surface area contributed by atoms with E-state index >= 15 is 0 Å². The smallest absolute Gasteiger partial charge is 0.315 e. The van der Waals surface area contributed by atoms with Crippen molar-refractivity contribution in [2.75, 3.05) is 6.61 Å². The standard InChI is InChI=1S/C33H56N2O3/c1-6-23-18-27(35-30(36)34-26-9-7-8-10-26)13-15-31(23,4)24-12-14-32(5)25(17-24)19-28-29(32)22(3)33(38-28)16-11-21(2)20-37-33/h21-29H,6-20H2,1-5H3,(H2,34,35,36)/t21-,22-,23+,24-,25+,27+,28-,29-,31-,32-,33+/m0/s1. The van der Waals surface area contributed by atoms with E-state index in [2.05, 4.69) is 45.3 Å². The van der Waals surface area contributed by atoms with Gasteiger partial charge in [-0.05, 0) is 105 Å². The molecule has 0 aromatic carbocycles. The van der Waals surface area contributed by atoms with Crippen molar-refractivity contribution in [3.63, 3.8) is 0 Å². The van der Waals surface area contributed by atoms with Crippen molar-refractivity contribution in [3.8, 4) is 0 Å². The van der Waals surface area contributed by atoms with Crippen molar-refractivity contribution in [2.24, 2.45) is 46.3 Å². The highest BCUT2D eigenvalue weighted by Gasteiger charge is 2.66. The molecule has 5 heteroatoms. The summed E-state index contributed by atoms with van der Waals surface area (Å²) in [5, 5.41) is 6.63. The van der Waals surface area contributed by atoms with Crippen molar-refractivity contribution in [1.82, 2.24) is 10.6 Å². The van der Waals surface area contributed by atoms with Crippen molar-refractivity contribution in [3.05, 3.63) is 0 Å². The predicted octanol–water partition coefficient (Wildman–Crippen LogP) is 7.43. The maximum atomic E-state index is 12.7. The summed E-state index contributed by atoms with van der Waals surface area (Å²) < 4.78 is 13.4. The molecule has 0 aromatic heterocycles. The third kappa shape index (κ3) is 4.54. The highest BCUT2D eigenvalue weighted by atomic mass is 16.7. The number of hydrogen-bond donors (Lipinski definition) is 2. The zero-order valence-electron chi connectivity index (χ0n) is 25.0. The van der Waals surface area contributed by atoms with Crippen LogP contribution in [0.3, 0.4) is 0 Å². The van der Waals surface area contributed by atoms with Gasteiger partial charge in [0.05, 0.1) is 12.7 Å². The molecule has 5 nitrogen and oxygen atoms in total. The molecule has 2 amide bonds. The molecule has 2 N–H and O–H groups in total. The van der Waals surface area contributed by atoms with E-state index in [9.17, 15) is 4.79 Å². The topological polar surface area (TPSA) is 59.6 Å². The normalized spacial score (nSPS) is 51.1. The molecule has 6 fully saturated rings. The molecular weight excluding hydrogens is 472 g/mol. The highest BCUT2D eigenvalue weighted by molar-refractivity contribution is 5.74. The Morgan fingerprint density at radius 1 is 0.842 bits per heavy atom. The van der Waals surface area contributed by atoms with E-state index in [1.807, 2.05) is 0 Å². The summed E-state index contributed by atoms with van der Waals surface area (Å²) in [7, 11) is 0. The number of ether oxygens (including phenoxy) is 2. The first-order chi connectivity index (χ1) is 18.2. The van der Waals surface area contributed by atoms with Crippen LogP contribution in [0.1, 0.15) is 125 Å². The van der Waals surface area contributed by atoms with E-state index in [4.69, 9.17) is 9.47 Å². The van der Waals surface area contributed by atoms with E-state index in [-0.39, 0.29) is 11.8 Å². The Morgan fingerprint density at radius 3 is 2.29 bits per heavy atom. The van der Waals surface area contributed by atoms with Gasteiger partial charge in [-0.2, -0.15) is 0 Å². The number of nitrogens with one attached hydrogen (secondary N) is 2. The first-order valence-corrected chi connectivity index (χ1v) is 16.6. The Bertz CT molecular complexity index is 864. The maximum Gasteiger partial charge on any atom is 0.315 e. The summed E-state index contributed by atoms with van der Waals surface area (Å²) in [6.07, 6.45) is 17.6. The van der Waals surface area contributed by atoms with E-state index in [0.717, 1.165) is 50.5 Å². The molecule has 4 saturated carbocycles. The van der Waals surface area contributed by atoms with E-state index in [0.29, 0.717) is 52.7 Å². The van der Waals surface area contributed by atoms with Gasteiger partial charge in [-0.3, -0.25) is 0 Å². The monoisotopic (exact) mass is 528 g/mol. The lowest BCUT2D eigenvalue weighted by Gasteiger charge is -2.55. The fourth-order valence-corrected chi connectivity index (χ4v) is 10.9. The molecule has 0 bridgehead atoms. The lowest BCUT2D eigenvalue weighted by molar-refractivity contribution is -0.272. The average molecular weight is 529 g/mol. The van der Waals surface area contributed by atoms with E-state index < -0.39 is 0 Å². The van der Waals surface area contributed by atoms with Crippen LogP contribution in [0.5, 0.6) is 0 Å². The van der Waals surface area contributed by atoms with Crippen LogP contribution >= 0.6 is 0 Å². The van der Waals surface area contributed by atoms with Gasteiger partial charge in [-0.25, -0.2) is 4.79 Å². The summed E-state index contributed by atoms with van der Waals surface area (Å²) in [6.45, 7) is 13.2. The maximum absolute atomic E-state index is 12.7. The number of rotatable bonds is 4. The van der Waals surface area contributed by atoms with Crippen molar-refractivity contribution in [2.45, 2.75) is 148 Å². The Morgan fingerprint density at radius 2 is 1.58 bits per heavy atom. The summed E-state index contributed by atoms with van der Waals surface area (Å²) in [4.78, 5) is 12.7. The van der Waals surface area contributed by atoms with Crippen LogP contribution in [-0.4, -0.2) is 36.6 Å². The molecule has 0 radical (unpaired) electrons. The minimum atomic E-state index is -0.304. The van der Waals surface area contributed by atoms with Crippen LogP contribution < -0.4 is 10.6 Å². The second-order valence-electron chi connectivity index (χ2n) is 15.3. The summed E-state index contributed by atoms with van der Waals surface area (Å²) >= 11 is 0. The Balaban J connectivity index is 1.08. The van der Waals surface area contributed by atoms with Gasteiger partial charge < -0.3 is 20.1 Å². The second-order valence-corrected chi connectivity index (χ2v) is 15.3. The van der Waals surface area contributed by atoms with Crippen LogP contribution in [0.15, 0.2) is 0 Å². The molecule has 6 rings (SSSR count). The van der Waals surface area contributed by atoms with Gasteiger partial charge in [-0.15, -0.1) is 0 Å². The number of urea groups is 1. The van der Waals surface area contributed by atoms with Crippen LogP contribution in [0, 0.1) is 46.3 Å². The molecule has 1 spiro atoms. The van der Waals surface area contributed by atoms with Gasteiger partial charge in [-0.1, -0.05) is 53.9 Å². The van der Waals surface area contributed by atoms with Crippen LogP contribution in [0.25, 0.3) is 0 Å². The van der Waals surface area contributed by atoms with Crippen molar-refractivity contribution >= 4 is 6.03 Å². The van der Waals surface area contributed by atoms with Gasteiger partial charge in [0.25, 0.3) is 0 Å². The summed E-state index contributed by atoms with van der Waals surface area (Å²) in [5.74, 6) is 3.78. The first kappa shape index (κ1) is 27.4. The van der Waals surface area contributed by atoms with Gasteiger partial charge in [0, 0.05) is 24.4 Å². The predicted molar refractivity (Wildman–Crippen MR) is 152 cm³/mol. The fraction of sp³-hybridized carbons (Fsp3) is 0.970. The van der Waals surface area contributed by atoms with Crippen LogP contribution in [0.4, 0.5) is 4.79 Å². The van der Waals surface area contributed by atoms with Crippen molar-refractivity contribution < 1.29 is 14.3 Å². The fourth-order valence-electron chi connectivity index (χ4n) is 10.9. The number of fused-ring (bicyclic) bond motifs is 3. The quantitative estimate of drug-likeness (QED) is 0.399. The molecule has 11 atom stereocenters. The minimum absolute atomic E-state index is 0.0783. The third-order valence-corrected chi connectivity index (χ3v) is 13.4. The molecular formula is C33H56N2O3. The number of carbonyl (C=O) groups is 1. The molecule has 0 aromatic rings. The Labute approximate surface area is 232 Å². The molecule has 6 aliphatic rings. The van der Waals surface area contributed by atoms with Gasteiger partial charge in [0.1, 0.15) is 0 Å². The zero-order chi connectivity index (χ0) is 26.7. The Kier molecular flexibility index (Phi) is 7.37. The lowest BCUT2D eigenvalue weighted by atomic mass is 9.51. The number of amides is 2. The SMILES string of the molecule is CC[C@@H]1C[C@H](NC(=O)NC2CCCC2)CC[C@]1(C)[C@H]1CC[C@@]2(C)[C@H](C1)C[C@@H]1O[C@]3(CC[C@H](C)CO3)[C@@H](C)[C@@H]12. The molecule has 2 heterocycles. The number of hydrogen-bond acceptors (Lipinski definition) is 3. The van der Waals surface area contributed by atoms with Gasteiger partial charge >= 0.3 is 6.03 Å². The molecule has 4 aliphatic carbocycles. The Hall–Kier alpha value is -0.810. The largest absolute Gasteiger partial charge is 0.349 e. The average Bonchev–Trinajstić information content (AvgIpc) is 3.57. The van der Waals surface area contributed by atoms with Crippen molar-refractivity contribution in [1.29, 1.82) is 0 Å². The molecule has 0 unspecified atom stereocenters. The van der Waals surface area contributed by atoms with Crippen LogP contribution in [-0.2, 0) is 9.47 Å². The minimum Gasteiger partial charge on any atom is -0.349 e. The first-order valence-electron chi connectivity index (χ1n) is 16.6. The van der Waals surface area contributed by atoms with E-state index in [1.165, 1.54) is 57.8 Å². The van der Waals surface area contributed by atoms with Gasteiger partial charge in [0.2, 0.25) is 0 Å². The lowest BCUT2D eigenvalue weighted by Crippen LogP contribution is -2.52. The molecule has 216 valence electrons. The van der Waals surface area contributed by atoms with Gasteiger partial charge in [0.15, 0.2) is 5.79 Å². The highest BCUT2D eigenvalue weighted by Crippen LogP contribution is 2.67. The second kappa shape index (κ2) is 10.2. The molecule has 2 aliphatic heterocycles. The van der Waals surface area contributed by atoms with E-state index in [1.54, 1.807) is 0 Å². The third-order valence-electron chi connectivity index (χ3n) is 13.4. The molecule has 2 saturated heterocycles. The zero-order valence-corrected chi connectivity index (χ0v) is 25.0. The number of carbonyl (C=O) groups excluding carboxylic acids is 1. The van der Waals surface area contributed by atoms with Crippen LogP contribution in [0.2, 0.25) is 0 Å². The molecule has 38 heavy (non-hydrogen) atoms.